The molecule has 1 aromatic heterocycles. The van der Waals surface area contributed by atoms with Gasteiger partial charge in [0, 0.05) is 10.8 Å². The standard InChI is InChI=1S/C26H24N2O6S2/c1-4-34-18(29)13-27-25-22(36-26(27)32)19(15-7-11-17(33-3)12-8-15)20-21(35-25)24(31)28(23(20)30)16-9-5-14(2)6-10-16/h5-12,19-21H,4,13H2,1-3H3/t19-,20?,21?/m1/s1. The molecule has 0 saturated carbocycles. The van der Waals surface area contributed by atoms with Gasteiger partial charge in [-0.15, -0.1) is 0 Å². The van der Waals surface area contributed by atoms with Gasteiger partial charge in [0.05, 0.1) is 30.3 Å². The van der Waals surface area contributed by atoms with E-state index in [-0.39, 0.29) is 29.8 Å². The third-order valence-electron chi connectivity index (χ3n) is 6.41. The van der Waals surface area contributed by atoms with Gasteiger partial charge in [0.1, 0.15) is 17.5 Å². The number of aryl methyl sites for hydroxylation is 1. The highest BCUT2D eigenvalue weighted by Gasteiger charge is 2.56. The fourth-order valence-electron chi connectivity index (χ4n) is 4.71. The van der Waals surface area contributed by atoms with E-state index in [0.29, 0.717) is 21.3 Å². The van der Waals surface area contributed by atoms with Crippen molar-refractivity contribution in [3.8, 4) is 5.75 Å². The molecule has 5 rings (SSSR count). The van der Waals surface area contributed by atoms with Crippen LogP contribution in [0.25, 0.3) is 0 Å². The molecule has 0 bridgehead atoms. The number of rotatable bonds is 6. The van der Waals surface area contributed by atoms with Gasteiger partial charge in [-0.1, -0.05) is 52.9 Å². The molecule has 2 aliphatic rings. The number of fused-ring (bicyclic) bond motifs is 2. The summed E-state index contributed by atoms with van der Waals surface area (Å²) in [7, 11) is 1.57. The van der Waals surface area contributed by atoms with Gasteiger partial charge < -0.3 is 9.47 Å². The number of anilines is 1. The van der Waals surface area contributed by atoms with E-state index in [0.717, 1.165) is 22.5 Å². The lowest BCUT2D eigenvalue weighted by atomic mass is 9.83. The Balaban J connectivity index is 1.63. The minimum atomic E-state index is -0.735. The summed E-state index contributed by atoms with van der Waals surface area (Å²) in [6, 6.07) is 14.6. The average molecular weight is 525 g/mol. The summed E-state index contributed by atoms with van der Waals surface area (Å²) in [5.74, 6) is -1.72. The number of esters is 1. The van der Waals surface area contributed by atoms with Crippen LogP contribution in [0.3, 0.4) is 0 Å². The molecule has 2 aromatic carbocycles. The molecule has 0 N–H and O–H groups in total. The minimum absolute atomic E-state index is 0.199. The van der Waals surface area contributed by atoms with E-state index >= 15 is 0 Å². The van der Waals surface area contributed by atoms with Crippen LogP contribution in [0.2, 0.25) is 0 Å². The van der Waals surface area contributed by atoms with Gasteiger partial charge >= 0.3 is 10.8 Å². The fraction of sp³-hybridized carbons (Fsp3) is 0.308. The van der Waals surface area contributed by atoms with Crippen molar-refractivity contribution < 1.29 is 23.9 Å². The zero-order valence-corrected chi connectivity index (χ0v) is 21.6. The van der Waals surface area contributed by atoms with Crippen molar-refractivity contribution in [1.29, 1.82) is 0 Å². The van der Waals surface area contributed by atoms with Crippen LogP contribution in [0.5, 0.6) is 5.75 Å². The largest absolute Gasteiger partial charge is 0.497 e. The van der Waals surface area contributed by atoms with Crippen molar-refractivity contribution in [3.05, 3.63) is 74.2 Å². The molecule has 1 saturated heterocycles. The normalized spacial score (nSPS) is 20.8. The maximum absolute atomic E-state index is 13.8. The van der Waals surface area contributed by atoms with E-state index in [2.05, 4.69) is 0 Å². The molecule has 10 heteroatoms. The van der Waals surface area contributed by atoms with Crippen LogP contribution < -0.4 is 14.5 Å². The first-order chi connectivity index (χ1) is 17.3. The Morgan fingerprint density at radius 3 is 2.33 bits per heavy atom. The highest BCUT2D eigenvalue weighted by Crippen LogP contribution is 2.54. The molecule has 0 radical (unpaired) electrons. The van der Waals surface area contributed by atoms with E-state index in [1.165, 1.54) is 21.2 Å². The molecule has 3 aromatic rings. The Morgan fingerprint density at radius 1 is 1.00 bits per heavy atom. The molecule has 0 spiro atoms. The van der Waals surface area contributed by atoms with Gasteiger partial charge in [0.25, 0.3) is 0 Å². The van der Waals surface area contributed by atoms with Crippen LogP contribution in [-0.4, -0.2) is 41.3 Å². The summed E-state index contributed by atoms with van der Waals surface area (Å²) in [6.45, 7) is 3.59. The number of ether oxygens (including phenoxy) is 2. The SMILES string of the molecule is CCOC(=O)Cn1c2c(sc1=O)[C@H](c1ccc(OC)cc1)C1C(=O)N(c3ccc(C)cc3)C(=O)C1S2. The topological polar surface area (TPSA) is 94.9 Å². The Kier molecular flexibility index (Phi) is 6.48. The highest BCUT2D eigenvalue weighted by atomic mass is 32.2. The number of hydrogen-bond donors (Lipinski definition) is 0. The molecular formula is C26H24N2O6S2. The second kappa shape index (κ2) is 9.59. The second-order valence-corrected chi connectivity index (χ2v) is 10.7. The summed E-state index contributed by atoms with van der Waals surface area (Å²) in [6.07, 6.45) is 0. The molecule has 3 atom stereocenters. The van der Waals surface area contributed by atoms with Gasteiger partial charge in [0.2, 0.25) is 11.8 Å². The summed E-state index contributed by atoms with van der Waals surface area (Å²) in [4.78, 5) is 54.3. The predicted octanol–water partition coefficient (Wildman–Crippen LogP) is 3.59. The van der Waals surface area contributed by atoms with Crippen molar-refractivity contribution in [2.24, 2.45) is 5.92 Å². The van der Waals surface area contributed by atoms with E-state index in [1.807, 2.05) is 31.2 Å². The number of thioether (sulfide) groups is 1. The molecule has 186 valence electrons. The molecule has 2 aliphatic heterocycles. The maximum Gasteiger partial charge on any atom is 0.326 e. The molecule has 2 unspecified atom stereocenters. The fourth-order valence-corrected chi connectivity index (χ4v) is 7.48. The van der Waals surface area contributed by atoms with E-state index in [9.17, 15) is 19.2 Å². The number of carbonyl (C=O) groups is 3. The molecule has 3 heterocycles. The van der Waals surface area contributed by atoms with Gasteiger partial charge in [0.15, 0.2) is 0 Å². The average Bonchev–Trinajstić information content (AvgIpc) is 3.31. The van der Waals surface area contributed by atoms with Crippen LogP contribution in [0.15, 0.2) is 58.4 Å². The smallest absolute Gasteiger partial charge is 0.326 e. The lowest BCUT2D eigenvalue weighted by Gasteiger charge is -2.30. The van der Waals surface area contributed by atoms with Gasteiger partial charge in [-0.05, 0) is 43.7 Å². The van der Waals surface area contributed by atoms with Crippen molar-refractivity contribution in [2.45, 2.75) is 36.6 Å². The van der Waals surface area contributed by atoms with Gasteiger partial charge in [-0.3, -0.25) is 23.7 Å². The number of nitrogens with zero attached hydrogens (tertiary/aromatic N) is 2. The number of imide groups is 1. The van der Waals surface area contributed by atoms with Crippen molar-refractivity contribution in [2.75, 3.05) is 18.6 Å². The summed E-state index contributed by atoms with van der Waals surface area (Å²) in [5, 5.41) is -0.201. The van der Waals surface area contributed by atoms with E-state index in [4.69, 9.17) is 9.47 Å². The summed E-state index contributed by atoms with van der Waals surface area (Å²) in [5.41, 5.74) is 2.33. The number of benzene rings is 2. The first-order valence-electron chi connectivity index (χ1n) is 11.5. The molecule has 8 nitrogen and oxygen atoms in total. The Labute approximate surface area is 215 Å². The molecule has 1 fully saturated rings. The summed E-state index contributed by atoms with van der Waals surface area (Å²) >= 11 is 2.19. The molecule has 0 aliphatic carbocycles. The monoisotopic (exact) mass is 524 g/mol. The number of aromatic nitrogens is 1. The highest BCUT2D eigenvalue weighted by molar-refractivity contribution is 8.00. The summed E-state index contributed by atoms with van der Waals surface area (Å²) < 4.78 is 11.7. The van der Waals surface area contributed by atoms with Crippen molar-refractivity contribution in [1.82, 2.24) is 4.57 Å². The Morgan fingerprint density at radius 2 is 1.69 bits per heavy atom. The number of hydrogen-bond acceptors (Lipinski definition) is 8. The number of amides is 2. The maximum atomic E-state index is 13.8. The third kappa shape index (κ3) is 4.04. The van der Waals surface area contributed by atoms with Crippen LogP contribution >= 0.6 is 23.1 Å². The van der Waals surface area contributed by atoms with E-state index in [1.54, 1.807) is 38.3 Å². The zero-order valence-electron chi connectivity index (χ0n) is 19.9. The first-order valence-corrected chi connectivity index (χ1v) is 13.2. The Bertz CT molecular complexity index is 1390. The number of thiazole rings is 1. The van der Waals surface area contributed by atoms with Crippen LogP contribution in [0.1, 0.15) is 28.8 Å². The quantitative estimate of drug-likeness (QED) is 0.359. The number of carbonyl (C=O) groups excluding carboxylic acids is 3. The third-order valence-corrected chi connectivity index (χ3v) is 9.01. The van der Waals surface area contributed by atoms with Gasteiger partial charge in [-0.25, -0.2) is 4.90 Å². The van der Waals surface area contributed by atoms with Crippen LogP contribution in [-0.2, 0) is 25.7 Å². The second-order valence-electron chi connectivity index (χ2n) is 8.59. The van der Waals surface area contributed by atoms with Gasteiger partial charge in [-0.2, -0.15) is 0 Å². The Hall–Kier alpha value is -3.37. The first kappa shape index (κ1) is 24.3. The zero-order chi connectivity index (χ0) is 25.6. The van der Waals surface area contributed by atoms with Crippen LogP contribution in [0, 0.1) is 12.8 Å². The molecule has 2 amide bonds. The van der Waals surface area contributed by atoms with E-state index < -0.39 is 23.1 Å². The lowest BCUT2D eigenvalue weighted by molar-refractivity contribution is -0.144. The molecule has 36 heavy (non-hydrogen) atoms. The minimum Gasteiger partial charge on any atom is -0.497 e. The van der Waals surface area contributed by atoms with Crippen LogP contribution in [0.4, 0.5) is 5.69 Å². The predicted molar refractivity (Wildman–Crippen MR) is 137 cm³/mol. The lowest BCUT2D eigenvalue weighted by Crippen LogP contribution is -2.32. The van der Waals surface area contributed by atoms with Crippen molar-refractivity contribution >= 4 is 46.6 Å². The van der Waals surface area contributed by atoms with Crippen molar-refractivity contribution in [3.63, 3.8) is 0 Å². The number of methoxy groups -OCH3 is 1. The molecular weight excluding hydrogens is 500 g/mol.